The van der Waals surface area contributed by atoms with E-state index in [-0.39, 0.29) is 30.0 Å². The third kappa shape index (κ3) is 5.47. The lowest BCUT2D eigenvalue weighted by Gasteiger charge is -2.21. The van der Waals surface area contributed by atoms with E-state index in [1.54, 1.807) is 0 Å². The summed E-state index contributed by atoms with van der Waals surface area (Å²) in [6.07, 6.45) is 0. The number of carbonyl (C=O) groups is 1. The van der Waals surface area contributed by atoms with Crippen LogP contribution in [0.1, 0.15) is 30.9 Å². The Bertz CT molecular complexity index is 565. The molecular formula is C15H24N2O3S. The van der Waals surface area contributed by atoms with Gasteiger partial charge in [-0.1, -0.05) is 43.7 Å². The van der Waals surface area contributed by atoms with Gasteiger partial charge in [-0.25, -0.2) is 13.1 Å². The number of amides is 1. The zero-order chi connectivity index (χ0) is 16.0. The Balaban J connectivity index is 2.73. The van der Waals surface area contributed by atoms with Crippen LogP contribution in [0.15, 0.2) is 24.3 Å². The zero-order valence-electron chi connectivity index (χ0n) is 13.0. The normalized spacial score (nSPS) is 13.2. The minimum Gasteiger partial charge on any atom is -0.354 e. The Morgan fingerprint density at radius 3 is 2.24 bits per heavy atom. The smallest absolute Gasteiger partial charge is 0.227 e. The van der Waals surface area contributed by atoms with Crippen LogP contribution in [-0.2, 0) is 14.8 Å². The van der Waals surface area contributed by atoms with Gasteiger partial charge in [0.2, 0.25) is 15.9 Å². The maximum atomic E-state index is 12.3. The molecule has 0 spiro atoms. The molecule has 1 atom stereocenters. The van der Waals surface area contributed by atoms with Crippen LogP contribution in [0.3, 0.4) is 0 Å². The molecule has 0 heterocycles. The summed E-state index contributed by atoms with van der Waals surface area (Å²) in [5, 5.41) is 2.71. The molecule has 1 aromatic carbocycles. The average molecular weight is 312 g/mol. The Morgan fingerprint density at radius 2 is 1.76 bits per heavy atom. The first-order chi connectivity index (χ1) is 9.76. The third-order valence-corrected chi connectivity index (χ3v) is 4.73. The SMILES string of the molecule is CNS(=O)(=O)CCNC(=O)C(c1ccc(C)cc1)C(C)C. The molecule has 6 heteroatoms. The summed E-state index contributed by atoms with van der Waals surface area (Å²) in [5.41, 5.74) is 2.09. The van der Waals surface area contributed by atoms with Crippen LogP contribution in [0.4, 0.5) is 0 Å². The molecule has 0 bridgehead atoms. The summed E-state index contributed by atoms with van der Waals surface area (Å²) >= 11 is 0. The van der Waals surface area contributed by atoms with Crippen molar-refractivity contribution >= 4 is 15.9 Å². The Morgan fingerprint density at radius 1 is 1.19 bits per heavy atom. The Kier molecular flexibility index (Phi) is 6.36. The van der Waals surface area contributed by atoms with Crippen molar-refractivity contribution in [1.82, 2.24) is 10.0 Å². The van der Waals surface area contributed by atoms with Gasteiger partial charge in [0.05, 0.1) is 11.7 Å². The number of carbonyl (C=O) groups excluding carboxylic acids is 1. The van der Waals surface area contributed by atoms with E-state index in [4.69, 9.17) is 0 Å². The van der Waals surface area contributed by atoms with Crippen molar-refractivity contribution in [2.45, 2.75) is 26.7 Å². The van der Waals surface area contributed by atoms with Crippen molar-refractivity contribution < 1.29 is 13.2 Å². The fraction of sp³-hybridized carbons (Fsp3) is 0.533. The highest BCUT2D eigenvalue weighted by molar-refractivity contribution is 7.89. The van der Waals surface area contributed by atoms with E-state index in [1.807, 2.05) is 45.0 Å². The minimum absolute atomic E-state index is 0.108. The molecule has 0 aliphatic rings. The molecule has 5 nitrogen and oxygen atoms in total. The molecule has 0 fully saturated rings. The molecule has 21 heavy (non-hydrogen) atoms. The van der Waals surface area contributed by atoms with Gasteiger partial charge in [-0.15, -0.1) is 0 Å². The van der Waals surface area contributed by atoms with Gasteiger partial charge in [0, 0.05) is 6.54 Å². The van der Waals surface area contributed by atoms with Crippen LogP contribution in [-0.4, -0.2) is 33.7 Å². The van der Waals surface area contributed by atoms with Crippen LogP contribution >= 0.6 is 0 Å². The number of sulfonamides is 1. The van der Waals surface area contributed by atoms with Crippen molar-refractivity contribution in [2.75, 3.05) is 19.3 Å². The maximum absolute atomic E-state index is 12.3. The number of aryl methyl sites for hydroxylation is 1. The summed E-state index contributed by atoms with van der Waals surface area (Å²) in [6, 6.07) is 7.85. The number of rotatable bonds is 7. The molecule has 118 valence electrons. The van der Waals surface area contributed by atoms with Gasteiger partial charge in [0.25, 0.3) is 0 Å². The second-order valence-corrected chi connectivity index (χ2v) is 7.49. The van der Waals surface area contributed by atoms with Gasteiger partial charge in [-0.05, 0) is 25.5 Å². The highest BCUT2D eigenvalue weighted by atomic mass is 32.2. The topological polar surface area (TPSA) is 75.3 Å². The van der Waals surface area contributed by atoms with Crippen molar-refractivity contribution in [3.05, 3.63) is 35.4 Å². The molecule has 0 aliphatic carbocycles. The van der Waals surface area contributed by atoms with E-state index in [9.17, 15) is 13.2 Å². The standard InChI is InChI=1S/C15H24N2O3S/c1-11(2)14(13-7-5-12(3)6-8-13)15(18)17-9-10-21(19,20)16-4/h5-8,11,14,16H,9-10H2,1-4H3,(H,17,18). The molecule has 0 aliphatic heterocycles. The first-order valence-electron chi connectivity index (χ1n) is 7.02. The van der Waals surface area contributed by atoms with Crippen LogP contribution in [0.5, 0.6) is 0 Å². The van der Waals surface area contributed by atoms with Gasteiger partial charge in [0.1, 0.15) is 0 Å². The van der Waals surface area contributed by atoms with Crippen molar-refractivity contribution in [3.8, 4) is 0 Å². The predicted octanol–water partition coefficient (Wildman–Crippen LogP) is 1.40. The number of benzene rings is 1. The molecule has 2 N–H and O–H groups in total. The van der Waals surface area contributed by atoms with Crippen LogP contribution in [0.2, 0.25) is 0 Å². The van der Waals surface area contributed by atoms with Gasteiger partial charge < -0.3 is 5.32 Å². The molecule has 1 aromatic rings. The van der Waals surface area contributed by atoms with E-state index in [1.165, 1.54) is 7.05 Å². The lowest BCUT2D eigenvalue weighted by atomic mass is 9.87. The van der Waals surface area contributed by atoms with Gasteiger partial charge in [-0.3, -0.25) is 4.79 Å². The van der Waals surface area contributed by atoms with Gasteiger partial charge >= 0.3 is 0 Å². The van der Waals surface area contributed by atoms with E-state index >= 15 is 0 Å². The quantitative estimate of drug-likeness (QED) is 0.799. The monoisotopic (exact) mass is 312 g/mol. The molecule has 0 saturated heterocycles. The van der Waals surface area contributed by atoms with E-state index in [0.29, 0.717) is 0 Å². The Labute approximate surface area is 127 Å². The summed E-state index contributed by atoms with van der Waals surface area (Å²) in [6.45, 7) is 6.07. The molecule has 1 amide bonds. The van der Waals surface area contributed by atoms with Crippen molar-refractivity contribution in [1.29, 1.82) is 0 Å². The number of hydrogen-bond acceptors (Lipinski definition) is 3. The largest absolute Gasteiger partial charge is 0.354 e. The minimum atomic E-state index is -3.30. The lowest BCUT2D eigenvalue weighted by Crippen LogP contribution is -2.37. The number of hydrogen-bond donors (Lipinski definition) is 2. The lowest BCUT2D eigenvalue weighted by molar-refractivity contribution is -0.123. The highest BCUT2D eigenvalue weighted by Crippen LogP contribution is 2.24. The zero-order valence-corrected chi connectivity index (χ0v) is 13.8. The Hall–Kier alpha value is -1.40. The fourth-order valence-electron chi connectivity index (χ4n) is 2.13. The predicted molar refractivity (Wildman–Crippen MR) is 84.6 cm³/mol. The summed E-state index contributed by atoms with van der Waals surface area (Å²) in [4.78, 5) is 12.3. The fourth-order valence-corrected chi connectivity index (χ4v) is 2.71. The van der Waals surface area contributed by atoms with E-state index in [0.717, 1.165) is 11.1 Å². The first kappa shape index (κ1) is 17.7. The van der Waals surface area contributed by atoms with Crippen molar-refractivity contribution in [3.63, 3.8) is 0 Å². The molecular weight excluding hydrogens is 288 g/mol. The molecule has 1 unspecified atom stereocenters. The van der Waals surface area contributed by atoms with E-state index < -0.39 is 10.0 Å². The molecule has 0 saturated carbocycles. The van der Waals surface area contributed by atoms with Crippen LogP contribution < -0.4 is 10.0 Å². The summed E-state index contributed by atoms with van der Waals surface area (Å²) < 4.78 is 24.9. The second kappa shape index (κ2) is 7.56. The number of nitrogens with one attached hydrogen (secondary N) is 2. The molecule has 1 rings (SSSR count). The van der Waals surface area contributed by atoms with Gasteiger partial charge in [-0.2, -0.15) is 0 Å². The van der Waals surface area contributed by atoms with Crippen LogP contribution in [0.25, 0.3) is 0 Å². The highest BCUT2D eigenvalue weighted by Gasteiger charge is 2.24. The average Bonchev–Trinajstić information content (AvgIpc) is 2.40. The molecule has 0 aromatic heterocycles. The summed E-state index contributed by atoms with van der Waals surface area (Å²) in [5.74, 6) is -0.398. The van der Waals surface area contributed by atoms with Gasteiger partial charge in [0.15, 0.2) is 0 Å². The van der Waals surface area contributed by atoms with Crippen LogP contribution in [0, 0.1) is 12.8 Å². The second-order valence-electron chi connectivity index (χ2n) is 5.45. The maximum Gasteiger partial charge on any atom is 0.227 e. The molecule has 0 radical (unpaired) electrons. The van der Waals surface area contributed by atoms with E-state index in [2.05, 4.69) is 10.0 Å². The summed E-state index contributed by atoms with van der Waals surface area (Å²) in [7, 11) is -1.93. The third-order valence-electron chi connectivity index (χ3n) is 3.37. The first-order valence-corrected chi connectivity index (χ1v) is 8.67. The van der Waals surface area contributed by atoms with Crippen molar-refractivity contribution in [2.24, 2.45) is 5.92 Å².